The summed E-state index contributed by atoms with van der Waals surface area (Å²) < 4.78 is 11.2. The summed E-state index contributed by atoms with van der Waals surface area (Å²) in [4.78, 5) is 12.2. The number of carbonyl (C=O) groups excluding carboxylic acids is 1. The number of ether oxygens (including phenoxy) is 2. The second-order valence-corrected chi connectivity index (χ2v) is 5.49. The van der Waals surface area contributed by atoms with Crippen molar-refractivity contribution < 1.29 is 14.3 Å². The van der Waals surface area contributed by atoms with E-state index >= 15 is 0 Å². The summed E-state index contributed by atoms with van der Waals surface area (Å²) in [6.07, 6.45) is 4.52. The van der Waals surface area contributed by atoms with Crippen LogP contribution < -0.4 is 10.1 Å². The monoisotopic (exact) mass is 275 g/mol. The van der Waals surface area contributed by atoms with Gasteiger partial charge >= 0.3 is 0 Å². The Kier molecular flexibility index (Phi) is 4.21. The maximum Gasteiger partial charge on any atom is 0.223 e. The van der Waals surface area contributed by atoms with E-state index < -0.39 is 0 Å². The summed E-state index contributed by atoms with van der Waals surface area (Å²) in [6, 6.07) is 8.03. The van der Waals surface area contributed by atoms with Crippen LogP contribution in [0.3, 0.4) is 0 Å². The molecule has 2 heterocycles. The highest BCUT2D eigenvalue weighted by molar-refractivity contribution is 5.77. The van der Waals surface area contributed by atoms with Gasteiger partial charge in [-0.3, -0.25) is 4.79 Å². The highest BCUT2D eigenvalue weighted by Gasteiger charge is 2.24. The second kappa shape index (κ2) is 6.27. The number of nitrogens with one attached hydrogen (secondary N) is 1. The van der Waals surface area contributed by atoms with Crippen LogP contribution in [0.2, 0.25) is 0 Å². The summed E-state index contributed by atoms with van der Waals surface area (Å²) >= 11 is 0. The average molecular weight is 275 g/mol. The standard InChI is InChI=1S/C16H21NO3/c18-16(11-12-5-3-9-19-12)17-14-7-4-10-20-15-8-2-1-6-13(14)15/h1-2,6,8,12,14H,3-5,7,9-11H2,(H,17,18)/t12-,14+/m1/s1. The van der Waals surface area contributed by atoms with Crippen molar-refractivity contribution in [3.8, 4) is 5.75 Å². The molecule has 0 aromatic heterocycles. The molecule has 2 aliphatic rings. The molecule has 2 aliphatic heterocycles. The first-order chi connectivity index (χ1) is 9.83. The van der Waals surface area contributed by atoms with E-state index in [0.29, 0.717) is 6.42 Å². The van der Waals surface area contributed by atoms with E-state index in [1.165, 1.54) is 0 Å². The summed E-state index contributed by atoms with van der Waals surface area (Å²) in [5, 5.41) is 3.14. The Morgan fingerprint density at radius 1 is 1.20 bits per heavy atom. The molecule has 0 bridgehead atoms. The van der Waals surface area contributed by atoms with Crippen molar-refractivity contribution in [2.75, 3.05) is 13.2 Å². The lowest BCUT2D eigenvalue weighted by Crippen LogP contribution is -2.31. The number of hydrogen-bond acceptors (Lipinski definition) is 3. The fourth-order valence-corrected chi connectivity index (χ4v) is 2.94. The Hall–Kier alpha value is -1.55. The summed E-state index contributed by atoms with van der Waals surface area (Å²) in [5.41, 5.74) is 1.09. The Morgan fingerprint density at radius 2 is 2.05 bits per heavy atom. The van der Waals surface area contributed by atoms with Crippen LogP contribution in [0.5, 0.6) is 5.75 Å². The molecule has 0 saturated carbocycles. The third kappa shape index (κ3) is 3.12. The molecule has 1 amide bonds. The average Bonchev–Trinajstić information content (AvgIpc) is 2.87. The van der Waals surface area contributed by atoms with Gasteiger partial charge in [0.15, 0.2) is 0 Å². The molecule has 1 saturated heterocycles. The van der Waals surface area contributed by atoms with Gasteiger partial charge in [-0.2, -0.15) is 0 Å². The maximum absolute atomic E-state index is 12.2. The van der Waals surface area contributed by atoms with Crippen LogP contribution in [0.1, 0.15) is 43.7 Å². The predicted molar refractivity (Wildman–Crippen MR) is 75.6 cm³/mol. The third-order valence-electron chi connectivity index (χ3n) is 3.96. The Balaban J connectivity index is 1.65. The molecule has 1 fully saturated rings. The molecule has 1 aromatic carbocycles. The van der Waals surface area contributed by atoms with Crippen molar-refractivity contribution in [1.82, 2.24) is 5.32 Å². The first-order valence-electron chi connectivity index (χ1n) is 7.45. The van der Waals surface area contributed by atoms with Crippen molar-refractivity contribution >= 4 is 5.91 Å². The van der Waals surface area contributed by atoms with Gasteiger partial charge in [0.25, 0.3) is 0 Å². The van der Waals surface area contributed by atoms with Gasteiger partial charge in [-0.1, -0.05) is 18.2 Å². The normalized spacial score (nSPS) is 25.4. The fraction of sp³-hybridized carbons (Fsp3) is 0.562. The minimum absolute atomic E-state index is 0.0580. The van der Waals surface area contributed by atoms with Crippen LogP contribution in [0.4, 0.5) is 0 Å². The van der Waals surface area contributed by atoms with Crippen LogP contribution in [0, 0.1) is 0 Å². The molecular weight excluding hydrogens is 254 g/mol. The zero-order chi connectivity index (χ0) is 13.8. The number of hydrogen-bond donors (Lipinski definition) is 1. The number of fused-ring (bicyclic) bond motifs is 1. The molecule has 20 heavy (non-hydrogen) atoms. The van der Waals surface area contributed by atoms with Crippen molar-refractivity contribution in [2.45, 2.75) is 44.2 Å². The molecular formula is C16H21NO3. The Labute approximate surface area is 119 Å². The molecule has 0 unspecified atom stereocenters. The van der Waals surface area contributed by atoms with Crippen LogP contribution in [0.15, 0.2) is 24.3 Å². The topological polar surface area (TPSA) is 47.6 Å². The number of para-hydroxylation sites is 1. The van der Waals surface area contributed by atoms with Crippen LogP contribution in [-0.2, 0) is 9.53 Å². The molecule has 4 nitrogen and oxygen atoms in total. The summed E-state index contributed by atoms with van der Waals surface area (Å²) in [7, 11) is 0. The largest absolute Gasteiger partial charge is 0.493 e. The lowest BCUT2D eigenvalue weighted by molar-refractivity contribution is -0.124. The summed E-state index contributed by atoms with van der Waals surface area (Å²) in [6.45, 7) is 1.51. The fourth-order valence-electron chi connectivity index (χ4n) is 2.94. The Bertz CT molecular complexity index is 469. The first kappa shape index (κ1) is 13.4. The zero-order valence-corrected chi connectivity index (χ0v) is 11.6. The molecule has 3 rings (SSSR count). The quantitative estimate of drug-likeness (QED) is 0.922. The zero-order valence-electron chi connectivity index (χ0n) is 11.6. The van der Waals surface area contributed by atoms with Crippen molar-refractivity contribution in [2.24, 2.45) is 0 Å². The van der Waals surface area contributed by atoms with Crippen molar-refractivity contribution in [3.05, 3.63) is 29.8 Å². The number of benzene rings is 1. The smallest absolute Gasteiger partial charge is 0.223 e. The molecule has 1 N–H and O–H groups in total. The van der Waals surface area contributed by atoms with Gasteiger partial charge in [0.05, 0.1) is 25.2 Å². The van der Waals surface area contributed by atoms with E-state index in [0.717, 1.165) is 50.2 Å². The first-order valence-corrected chi connectivity index (χ1v) is 7.45. The van der Waals surface area contributed by atoms with E-state index in [1.54, 1.807) is 0 Å². The lowest BCUT2D eigenvalue weighted by atomic mass is 10.0. The van der Waals surface area contributed by atoms with Crippen LogP contribution >= 0.6 is 0 Å². The third-order valence-corrected chi connectivity index (χ3v) is 3.96. The van der Waals surface area contributed by atoms with Crippen LogP contribution in [0.25, 0.3) is 0 Å². The maximum atomic E-state index is 12.2. The van der Waals surface area contributed by atoms with E-state index in [9.17, 15) is 4.79 Å². The van der Waals surface area contributed by atoms with E-state index in [4.69, 9.17) is 9.47 Å². The number of carbonyl (C=O) groups is 1. The van der Waals surface area contributed by atoms with Crippen molar-refractivity contribution in [1.29, 1.82) is 0 Å². The molecule has 2 atom stereocenters. The van der Waals surface area contributed by atoms with Gasteiger partial charge in [-0.25, -0.2) is 0 Å². The molecule has 0 aliphatic carbocycles. The van der Waals surface area contributed by atoms with Gasteiger partial charge in [0.2, 0.25) is 5.91 Å². The molecule has 0 spiro atoms. The minimum atomic E-state index is 0.0580. The predicted octanol–water partition coefficient (Wildman–Crippen LogP) is 2.59. The minimum Gasteiger partial charge on any atom is -0.493 e. The van der Waals surface area contributed by atoms with Gasteiger partial charge in [-0.15, -0.1) is 0 Å². The van der Waals surface area contributed by atoms with Crippen LogP contribution in [-0.4, -0.2) is 25.2 Å². The summed E-state index contributed by atoms with van der Waals surface area (Å²) in [5.74, 6) is 0.978. The van der Waals surface area contributed by atoms with Gasteiger partial charge < -0.3 is 14.8 Å². The number of rotatable bonds is 3. The van der Waals surface area contributed by atoms with Crippen molar-refractivity contribution in [3.63, 3.8) is 0 Å². The lowest BCUT2D eigenvalue weighted by Gasteiger charge is -2.19. The molecule has 1 aromatic rings. The van der Waals surface area contributed by atoms with Gasteiger partial charge in [0, 0.05) is 12.2 Å². The second-order valence-electron chi connectivity index (χ2n) is 5.49. The van der Waals surface area contributed by atoms with Gasteiger partial charge in [0.1, 0.15) is 5.75 Å². The van der Waals surface area contributed by atoms with E-state index in [2.05, 4.69) is 5.32 Å². The molecule has 4 heteroatoms. The van der Waals surface area contributed by atoms with E-state index in [-0.39, 0.29) is 18.1 Å². The highest BCUT2D eigenvalue weighted by atomic mass is 16.5. The molecule has 0 radical (unpaired) electrons. The Morgan fingerprint density at radius 3 is 2.90 bits per heavy atom. The highest BCUT2D eigenvalue weighted by Crippen LogP contribution is 2.31. The van der Waals surface area contributed by atoms with Gasteiger partial charge in [-0.05, 0) is 31.7 Å². The SMILES string of the molecule is O=C(C[C@H]1CCCO1)N[C@H]1CCCOc2ccccc21. The van der Waals surface area contributed by atoms with E-state index in [1.807, 2.05) is 24.3 Å². The number of amides is 1. The molecule has 108 valence electrons.